The van der Waals surface area contributed by atoms with Gasteiger partial charge in [-0.3, -0.25) is 4.79 Å². The van der Waals surface area contributed by atoms with E-state index in [2.05, 4.69) is 10.2 Å². The normalized spacial score (nSPS) is 15.1. The zero-order valence-corrected chi connectivity index (χ0v) is 18.2. The molecule has 0 saturated carbocycles. The highest BCUT2D eigenvalue weighted by atomic mass is 16.5. The Hall–Kier alpha value is -3.03. The molecule has 1 aromatic heterocycles. The lowest BCUT2D eigenvalue weighted by Gasteiger charge is -2.29. The maximum atomic E-state index is 12.6. The topological polar surface area (TPSA) is 86.9 Å². The van der Waals surface area contributed by atoms with Crippen LogP contribution >= 0.6 is 0 Å². The van der Waals surface area contributed by atoms with Crippen LogP contribution in [0.4, 0.5) is 0 Å². The number of carbonyl (C=O) groups excluding carboxylic acids is 1. The van der Waals surface area contributed by atoms with Gasteiger partial charge >= 0.3 is 0 Å². The van der Waals surface area contributed by atoms with Crippen LogP contribution < -0.4 is 14.2 Å². The molecular formula is C22H29N3O5. The third-order valence-corrected chi connectivity index (χ3v) is 5.21. The van der Waals surface area contributed by atoms with Crippen molar-refractivity contribution in [2.24, 2.45) is 0 Å². The third kappa shape index (κ3) is 4.75. The van der Waals surface area contributed by atoms with E-state index in [-0.39, 0.29) is 17.7 Å². The SMILES string of the molecule is COc1cc(C=CC(=O)N2CCC(c3nnc(C(C)C)o3)CC2)cc(OC)c1OC. The van der Waals surface area contributed by atoms with Crippen molar-refractivity contribution in [2.75, 3.05) is 34.4 Å². The molecule has 8 heteroatoms. The summed E-state index contributed by atoms with van der Waals surface area (Å²) >= 11 is 0. The van der Waals surface area contributed by atoms with E-state index < -0.39 is 0 Å². The summed E-state index contributed by atoms with van der Waals surface area (Å²) in [5, 5.41) is 8.30. The van der Waals surface area contributed by atoms with Gasteiger partial charge in [-0.05, 0) is 36.6 Å². The molecule has 1 amide bonds. The lowest BCUT2D eigenvalue weighted by atomic mass is 9.97. The zero-order valence-electron chi connectivity index (χ0n) is 18.2. The average molecular weight is 415 g/mol. The molecule has 8 nitrogen and oxygen atoms in total. The van der Waals surface area contributed by atoms with Gasteiger partial charge in [-0.25, -0.2) is 0 Å². The van der Waals surface area contributed by atoms with Gasteiger partial charge < -0.3 is 23.5 Å². The second-order valence-corrected chi connectivity index (χ2v) is 7.52. The minimum absolute atomic E-state index is 0.0319. The fraction of sp³-hybridized carbons (Fsp3) is 0.500. The summed E-state index contributed by atoms with van der Waals surface area (Å²) in [6, 6.07) is 3.61. The Morgan fingerprint density at radius 1 is 1.10 bits per heavy atom. The molecule has 1 aliphatic heterocycles. The Morgan fingerprint density at radius 2 is 1.73 bits per heavy atom. The van der Waals surface area contributed by atoms with E-state index in [1.54, 1.807) is 45.6 Å². The molecule has 0 aliphatic carbocycles. The van der Waals surface area contributed by atoms with Gasteiger partial charge in [-0.2, -0.15) is 0 Å². The van der Waals surface area contributed by atoms with Crippen LogP contribution in [-0.2, 0) is 4.79 Å². The van der Waals surface area contributed by atoms with Gasteiger partial charge in [0.15, 0.2) is 11.5 Å². The Balaban J connectivity index is 1.62. The summed E-state index contributed by atoms with van der Waals surface area (Å²) in [6.07, 6.45) is 4.95. The van der Waals surface area contributed by atoms with E-state index in [9.17, 15) is 4.79 Å². The van der Waals surface area contributed by atoms with Gasteiger partial charge in [-0.1, -0.05) is 13.8 Å². The van der Waals surface area contributed by atoms with Crippen LogP contribution in [0.15, 0.2) is 22.6 Å². The Bertz CT molecular complexity index is 873. The molecule has 0 N–H and O–H groups in total. The van der Waals surface area contributed by atoms with Crippen molar-refractivity contribution in [3.63, 3.8) is 0 Å². The number of ether oxygens (including phenoxy) is 3. The molecule has 0 radical (unpaired) electrons. The van der Waals surface area contributed by atoms with Crippen molar-refractivity contribution in [2.45, 2.75) is 38.5 Å². The molecule has 30 heavy (non-hydrogen) atoms. The highest BCUT2D eigenvalue weighted by Crippen LogP contribution is 2.38. The Kier molecular flexibility index (Phi) is 6.97. The predicted octanol–water partition coefficient (Wildman–Crippen LogP) is 3.64. The zero-order chi connectivity index (χ0) is 21.7. The average Bonchev–Trinajstić information content (AvgIpc) is 3.27. The molecular weight excluding hydrogens is 386 g/mol. The van der Waals surface area contributed by atoms with Crippen LogP contribution in [0, 0.1) is 0 Å². The van der Waals surface area contributed by atoms with Crippen molar-refractivity contribution >= 4 is 12.0 Å². The largest absolute Gasteiger partial charge is 0.493 e. The number of benzene rings is 1. The number of likely N-dealkylation sites (tertiary alicyclic amines) is 1. The second kappa shape index (κ2) is 9.65. The molecule has 2 heterocycles. The molecule has 1 aliphatic rings. The van der Waals surface area contributed by atoms with Crippen LogP contribution in [0.3, 0.4) is 0 Å². The van der Waals surface area contributed by atoms with E-state index in [1.807, 2.05) is 18.7 Å². The first-order chi connectivity index (χ1) is 14.5. The number of nitrogens with zero attached hydrogens (tertiary/aromatic N) is 3. The molecule has 0 spiro atoms. The first kappa shape index (κ1) is 21.7. The number of amides is 1. The molecule has 162 valence electrons. The number of hydrogen-bond acceptors (Lipinski definition) is 7. The van der Waals surface area contributed by atoms with Crippen molar-refractivity contribution in [3.8, 4) is 17.2 Å². The summed E-state index contributed by atoms with van der Waals surface area (Å²) in [6.45, 7) is 5.36. The number of carbonyl (C=O) groups is 1. The number of rotatable bonds is 7. The van der Waals surface area contributed by atoms with E-state index in [1.165, 1.54) is 0 Å². The van der Waals surface area contributed by atoms with Crippen LogP contribution in [0.5, 0.6) is 17.2 Å². The maximum Gasteiger partial charge on any atom is 0.246 e. The lowest BCUT2D eigenvalue weighted by Crippen LogP contribution is -2.36. The van der Waals surface area contributed by atoms with Crippen LogP contribution in [-0.4, -0.2) is 55.4 Å². The van der Waals surface area contributed by atoms with Gasteiger partial charge in [0, 0.05) is 31.0 Å². The van der Waals surface area contributed by atoms with Gasteiger partial charge in [0.05, 0.1) is 21.3 Å². The third-order valence-electron chi connectivity index (χ3n) is 5.21. The van der Waals surface area contributed by atoms with Crippen molar-refractivity contribution < 1.29 is 23.4 Å². The molecule has 1 fully saturated rings. The molecule has 3 rings (SSSR count). The molecule has 1 aromatic carbocycles. The number of hydrogen-bond donors (Lipinski definition) is 0. The molecule has 1 saturated heterocycles. The lowest BCUT2D eigenvalue weighted by molar-refractivity contribution is -0.127. The van der Waals surface area contributed by atoms with E-state index in [0.717, 1.165) is 18.4 Å². The van der Waals surface area contributed by atoms with Crippen LogP contribution in [0.2, 0.25) is 0 Å². The van der Waals surface area contributed by atoms with Crippen LogP contribution in [0.25, 0.3) is 6.08 Å². The first-order valence-electron chi connectivity index (χ1n) is 10.1. The fourth-order valence-corrected chi connectivity index (χ4v) is 3.46. The molecule has 2 aromatic rings. The monoisotopic (exact) mass is 415 g/mol. The Morgan fingerprint density at radius 3 is 2.23 bits per heavy atom. The van der Waals surface area contributed by atoms with Crippen LogP contribution in [0.1, 0.15) is 55.9 Å². The minimum Gasteiger partial charge on any atom is -0.493 e. The van der Waals surface area contributed by atoms with E-state index in [0.29, 0.717) is 42.1 Å². The maximum absolute atomic E-state index is 12.6. The minimum atomic E-state index is -0.0319. The van der Waals surface area contributed by atoms with Gasteiger partial charge in [0.25, 0.3) is 0 Å². The second-order valence-electron chi connectivity index (χ2n) is 7.52. The van der Waals surface area contributed by atoms with Gasteiger partial charge in [0.1, 0.15) is 0 Å². The summed E-state index contributed by atoms with van der Waals surface area (Å²) in [7, 11) is 4.68. The predicted molar refractivity (Wildman–Crippen MR) is 112 cm³/mol. The first-order valence-corrected chi connectivity index (χ1v) is 10.1. The van der Waals surface area contributed by atoms with E-state index >= 15 is 0 Å². The standard InChI is InChI=1S/C22H29N3O5/c1-14(2)21-23-24-22(30-21)16-8-10-25(11-9-16)19(26)7-6-15-12-17(27-3)20(29-5)18(13-15)28-4/h6-7,12-14,16H,8-11H2,1-5H3. The molecule has 0 atom stereocenters. The van der Waals surface area contributed by atoms with Crippen molar-refractivity contribution in [3.05, 3.63) is 35.6 Å². The quantitative estimate of drug-likeness (QED) is 0.638. The summed E-state index contributed by atoms with van der Waals surface area (Å²) in [5.41, 5.74) is 0.791. The highest BCUT2D eigenvalue weighted by Gasteiger charge is 2.27. The Labute approximate surface area is 176 Å². The summed E-state index contributed by atoms with van der Waals surface area (Å²) < 4.78 is 21.8. The number of piperidine rings is 1. The van der Waals surface area contributed by atoms with E-state index in [4.69, 9.17) is 18.6 Å². The molecule has 0 bridgehead atoms. The van der Waals surface area contributed by atoms with Gasteiger partial charge in [-0.15, -0.1) is 10.2 Å². The number of aromatic nitrogens is 2. The molecule has 0 unspecified atom stereocenters. The van der Waals surface area contributed by atoms with Crippen molar-refractivity contribution in [1.82, 2.24) is 15.1 Å². The van der Waals surface area contributed by atoms with Crippen molar-refractivity contribution in [1.29, 1.82) is 0 Å². The smallest absolute Gasteiger partial charge is 0.246 e. The number of methoxy groups -OCH3 is 3. The highest BCUT2D eigenvalue weighted by molar-refractivity contribution is 5.92. The fourth-order valence-electron chi connectivity index (χ4n) is 3.46. The summed E-state index contributed by atoms with van der Waals surface area (Å²) in [4.78, 5) is 14.5. The van der Waals surface area contributed by atoms with Gasteiger partial charge in [0.2, 0.25) is 23.4 Å². The summed E-state index contributed by atoms with van der Waals surface area (Å²) in [5.74, 6) is 3.34.